The maximum Gasteiger partial charge on any atom is 0.416 e. The molecule has 0 saturated heterocycles. The van der Waals surface area contributed by atoms with E-state index >= 15 is 0 Å². The topological polar surface area (TPSA) is 67.4 Å². The third-order valence-electron chi connectivity index (χ3n) is 5.21. The van der Waals surface area contributed by atoms with Crippen LogP contribution in [0.5, 0.6) is 5.75 Å². The van der Waals surface area contributed by atoms with Crippen molar-refractivity contribution in [3.05, 3.63) is 114 Å². The average Bonchev–Trinajstić information content (AvgIpc) is 2.88. The van der Waals surface area contributed by atoms with Gasteiger partial charge >= 0.3 is 6.18 Å². The van der Waals surface area contributed by atoms with E-state index in [1.807, 2.05) is 42.5 Å². The monoisotopic (exact) mass is 490 g/mol. The molecule has 0 aromatic heterocycles. The van der Waals surface area contributed by atoms with Crippen LogP contribution in [0.2, 0.25) is 0 Å². The number of anilines is 2. The third-order valence-corrected chi connectivity index (χ3v) is 5.21. The van der Waals surface area contributed by atoms with Gasteiger partial charge in [-0.1, -0.05) is 48.5 Å². The number of carbonyl (C=O) groups is 2. The van der Waals surface area contributed by atoms with Gasteiger partial charge in [0.05, 0.1) is 5.56 Å². The smallest absolute Gasteiger partial charge is 0.416 e. The number of carbonyl (C=O) groups excluding carboxylic acids is 2. The van der Waals surface area contributed by atoms with Gasteiger partial charge in [0.1, 0.15) is 5.75 Å². The average molecular weight is 490 g/mol. The molecule has 0 atom stereocenters. The first-order chi connectivity index (χ1) is 17.3. The standard InChI is InChI=1S/C28H21F3N2O3/c29-28(30,31)22-7-4-8-24(17-22)33-27(35)21-9-13-23(14-10-21)32-26(34)18-36-25-15-11-20(12-16-25)19-5-2-1-3-6-19/h1-17H,18H2,(H,32,34)(H,33,35). The molecule has 2 amide bonds. The van der Waals surface area contributed by atoms with Crippen LogP contribution in [0.3, 0.4) is 0 Å². The third kappa shape index (κ3) is 6.50. The van der Waals surface area contributed by atoms with E-state index in [1.165, 1.54) is 36.4 Å². The number of hydrogen-bond donors (Lipinski definition) is 2. The zero-order chi connectivity index (χ0) is 25.5. The van der Waals surface area contributed by atoms with Crippen LogP contribution in [0, 0.1) is 0 Å². The van der Waals surface area contributed by atoms with Crippen molar-refractivity contribution in [3.63, 3.8) is 0 Å². The molecular formula is C28H21F3N2O3. The van der Waals surface area contributed by atoms with Gasteiger partial charge in [-0.2, -0.15) is 13.2 Å². The molecule has 36 heavy (non-hydrogen) atoms. The number of halogens is 3. The molecule has 0 bridgehead atoms. The molecular weight excluding hydrogens is 469 g/mol. The number of hydrogen-bond acceptors (Lipinski definition) is 3. The van der Waals surface area contributed by atoms with E-state index in [0.717, 1.165) is 23.3 Å². The summed E-state index contributed by atoms with van der Waals surface area (Å²) in [4.78, 5) is 24.6. The molecule has 0 spiro atoms. The lowest BCUT2D eigenvalue weighted by atomic mass is 10.1. The molecule has 0 aliphatic carbocycles. The lowest BCUT2D eigenvalue weighted by Crippen LogP contribution is -2.20. The van der Waals surface area contributed by atoms with Gasteiger partial charge in [-0.15, -0.1) is 0 Å². The predicted molar refractivity (Wildman–Crippen MR) is 132 cm³/mol. The second-order valence-electron chi connectivity index (χ2n) is 7.84. The van der Waals surface area contributed by atoms with Crippen LogP contribution in [-0.4, -0.2) is 18.4 Å². The van der Waals surface area contributed by atoms with Crippen LogP contribution in [0.25, 0.3) is 11.1 Å². The Bertz CT molecular complexity index is 1340. The van der Waals surface area contributed by atoms with E-state index in [1.54, 1.807) is 12.1 Å². The summed E-state index contributed by atoms with van der Waals surface area (Å²) >= 11 is 0. The van der Waals surface area contributed by atoms with Crippen molar-refractivity contribution in [1.82, 2.24) is 0 Å². The number of nitrogens with one attached hydrogen (secondary N) is 2. The lowest BCUT2D eigenvalue weighted by Gasteiger charge is -2.11. The Balaban J connectivity index is 1.28. The molecule has 0 aliphatic rings. The van der Waals surface area contributed by atoms with Gasteiger partial charge in [0.2, 0.25) is 0 Å². The normalized spacial score (nSPS) is 11.0. The second-order valence-corrected chi connectivity index (χ2v) is 7.84. The zero-order valence-electron chi connectivity index (χ0n) is 18.9. The van der Waals surface area contributed by atoms with Crippen molar-refractivity contribution in [1.29, 1.82) is 0 Å². The van der Waals surface area contributed by atoms with Crippen LogP contribution in [0.4, 0.5) is 24.5 Å². The molecule has 4 aromatic carbocycles. The van der Waals surface area contributed by atoms with Crippen molar-refractivity contribution in [2.45, 2.75) is 6.18 Å². The number of rotatable bonds is 7. The summed E-state index contributed by atoms with van der Waals surface area (Å²) in [6.45, 7) is -0.206. The van der Waals surface area contributed by atoms with Gasteiger partial charge in [-0.25, -0.2) is 0 Å². The van der Waals surface area contributed by atoms with Crippen molar-refractivity contribution in [2.75, 3.05) is 17.2 Å². The fourth-order valence-corrected chi connectivity index (χ4v) is 3.40. The molecule has 182 valence electrons. The summed E-state index contributed by atoms with van der Waals surface area (Å²) in [5.74, 6) is -0.413. The molecule has 0 heterocycles. The first-order valence-electron chi connectivity index (χ1n) is 10.9. The SMILES string of the molecule is O=C(COc1ccc(-c2ccccc2)cc1)Nc1ccc(C(=O)Nc2cccc(C(F)(F)F)c2)cc1. The minimum Gasteiger partial charge on any atom is -0.484 e. The van der Waals surface area contributed by atoms with Crippen molar-refractivity contribution in [2.24, 2.45) is 0 Å². The summed E-state index contributed by atoms with van der Waals surface area (Å²) in [5, 5.41) is 5.11. The first kappa shape index (κ1) is 24.5. The van der Waals surface area contributed by atoms with Crippen molar-refractivity contribution in [3.8, 4) is 16.9 Å². The maximum absolute atomic E-state index is 12.9. The van der Waals surface area contributed by atoms with Gasteiger partial charge in [-0.3, -0.25) is 9.59 Å². The Labute approximate surface area is 205 Å². The molecule has 5 nitrogen and oxygen atoms in total. The highest BCUT2D eigenvalue weighted by atomic mass is 19.4. The molecule has 4 aromatic rings. The summed E-state index contributed by atoms with van der Waals surface area (Å²) in [5.41, 5.74) is 1.95. The molecule has 0 radical (unpaired) electrons. The molecule has 4 rings (SSSR count). The Morgan fingerprint density at radius 3 is 2.03 bits per heavy atom. The highest BCUT2D eigenvalue weighted by molar-refractivity contribution is 6.04. The van der Waals surface area contributed by atoms with E-state index in [4.69, 9.17) is 4.74 Å². The Kier molecular flexibility index (Phi) is 7.34. The molecule has 0 fully saturated rings. The number of alkyl halides is 3. The zero-order valence-corrected chi connectivity index (χ0v) is 18.9. The number of ether oxygens (including phenoxy) is 1. The Morgan fingerprint density at radius 2 is 1.36 bits per heavy atom. The van der Waals surface area contributed by atoms with E-state index in [0.29, 0.717) is 11.4 Å². The van der Waals surface area contributed by atoms with Crippen molar-refractivity contribution < 1.29 is 27.5 Å². The van der Waals surface area contributed by atoms with Gasteiger partial charge < -0.3 is 15.4 Å². The lowest BCUT2D eigenvalue weighted by molar-refractivity contribution is -0.137. The van der Waals surface area contributed by atoms with Gasteiger partial charge in [-0.05, 0) is 65.7 Å². The summed E-state index contributed by atoms with van der Waals surface area (Å²) in [7, 11) is 0. The van der Waals surface area contributed by atoms with E-state index in [2.05, 4.69) is 10.6 Å². The highest BCUT2D eigenvalue weighted by Crippen LogP contribution is 2.30. The summed E-state index contributed by atoms with van der Waals surface area (Å²) in [6, 6.07) is 27.6. The fraction of sp³-hybridized carbons (Fsp3) is 0.0714. The van der Waals surface area contributed by atoms with Crippen LogP contribution >= 0.6 is 0 Å². The quantitative estimate of drug-likeness (QED) is 0.305. The second kappa shape index (κ2) is 10.8. The molecule has 2 N–H and O–H groups in total. The van der Waals surface area contributed by atoms with Crippen LogP contribution in [0.15, 0.2) is 103 Å². The number of benzene rings is 4. The predicted octanol–water partition coefficient (Wildman–Crippen LogP) is 6.64. The molecule has 0 unspecified atom stereocenters. The van der Waals surface area contributed by atoms with Crippen molar-refractivity contribution >= 4 is 23.2 Å². The highest BCUT2D eigenvalue weighted by Gasteiger charge is 2.30. The minimum absolute atomic E-state index is 0.0288. The van der Waals surface area contributed by atoms with Crippen LogP contribution in [-0.2, 0) is 11.0 Å². The molecule has 0 aliphatic heterocycles. The van der Waals surface area contributed by atoms with Crippen LogP contribution in [0.1, 0.15) is 15.9 Å². The first-order valence-corrected chi connectivity index (χ1v) is 10.9. The summed E-state index contributed by atoms with van der Waals surface area (Å²) < 4.78 is 44.1. The van der Waals surface area contributed by atoms with Crippen LogP contribution < -0.4 is 15.4 Å². The summed E-state index contributed by atoms with van der Waals surface area (Å²) in [6.07, 6.45) is -4.50. The molecule has 0 saturated carbocycles. The largest absolute Gasteiger partial charge is 0.484 e. The van der Waals surface area contributed by atoms with Gasteiger partial charge in [0, 0.05) is 16.9 Å². The van der Waals surface area contributed by atoms with E-state index < -0.39 is 17.6 Å². The number of amides is 2. The Morgan fingerprint density at radius 1 is 0.694 bits per heavy atom. The fourth-order valence-electron chi connectivity index (χ4n) is 3.40. The maximum atomic E-state index is 12.9. The van der Waals surface area contributed by atoms with E-state index in [-0.39, 0.29) is 23.8 Å². The van der Waals surface area contributed by atoms with Gasteiger partial charge in [0.15, 0.2) is 6.61 Å². The molecule has 8 heteroatoms. The van der Waals surface area contributed by atoms with Gasteiger partial charge in [0.25, 0.3) is 11.8 Å². The minimum atomic E-state index is -4.50. The Hall–Kier alpha value is -4.59. The van der Waals surface area contributed by atoms with E-state index in [9.17, 15) is 22.8 Å².